The van der Waals surface area contributed by atoms with Gasteiger partial charge < -0.3 is 9.64 Å². The molecule has 0 amide bonds. The second-order valence-corrected chi connectivity index (χ2v) is 3.92. The summed E-state index contributed by atoms with van der Waals surface area (Å²) in [6.45, 7) is 1.49. The summed E-state index contributed by atoms with van der Waals surface area (Å²) >= 11 is 0. The second-order valence-electron chi connectivity index (χ2n) is 3.92. The Morgan fingerprint density at radius 1 is 1.56 bits per heavy atom. The molecule has 3 nitrogen and oxygen atoms in total. The van der Waals surface area contributed by atoms with Crippen molar-refractivity contribution in [1.82, 2.24) is 0 Å². The molecule has 16 heavy (non-hydrogen) atoms. The summed E-state index contributed by atoms with van der Waals surface area (Å²) in [5.74, 6) is -0.346. The van der Waals surface area contributed by atoms with E-state index >= 15 is 0 Å². The molecule has 0 bridgehead atoms. The standard InChI is InChI=1S/C12H14FNO2/c1-16-10-4-5-14(7-10)12-3-2-9(8-15)6-11(12)13/h2-3,6,8,10H,4-5,7H2,1H3. The predicted molar refractivity (Wildman–Crippen MR) is 59.4 cm³/mol. The first-order valence-electron chi connectivity index (χ1n) is 5.27. The van der Waals surface area contributed by atoms with Crippen LogP contribution in [0.25, 0.3) is 0 Å². The van der Waals surface area contributed by atoms with E-state index in [-0.39, 0.29) is 11.9 Å². The number of carbonyl (C=O) groups excluding carboxylic acids is 1. The van der Waals surface area contributed by atoms with E-state index in [1.807, 2.05) is 4.90 Å². The van der Waals surface area contributed by atoms with Crippen LogP contribution in [-0.4, -0.2) is 32.6 Å². The van der Waals surface area contributed by atoms with Gasteiger partial charge in [-0.25, -0.2) is 4.39 Å². The monoisotopic (exact) mass is 223 g/mol. The van der Waals surface area contributed by atoms with Gasteiger partial charge in [0.25, 0.3) is 0 Å². The van der Waals surface area contributed by atoms with Crippen LogP contribution in [0.5, 0.6) is 0 Å². The molecule has 1 aliphatic rings. The van der Waals surface area contributed by atoms with Gasteiger partial charge >= 0.3 is 0 Å². The van der Waals surface area contributed by atoms with Crippen molar-refractivity contribution in [2.45, 2.75) is 12.5 Å². The Morgan fingerprint density at radius 2 is 2.38 bits per heavy atom. The van der Waals surface area contributed by atoms with Gasteiger partial charge in [0, 0.05) is 25.8 Å². The number of rotatable bonds is 3. The molecule has 1 unspecified atom stereocenters. The molecule has 2 rings (SSSR count). The fraction of sp³-hybridized carbons (Fsp3) is 0.417. The maximum Gasteiger partial charge on any atom is 0.150 e. The van der Waals surface area contributed by atoms with Crippen molar-refractivity contribution in [3.63, 3.8) is 0 Å². The summed E-state index contributed by atoms with van der Waals surface area (Å²) in [4.78, 5) is 12.4. The van der Waals surface area contributed by atoms with Crippen LogP contribution in [-0.2, 0) is 4.74 Å². The molecule has 1 aliphatic heterocycles. The van der Waals surface area contributed by atoms with Gasteiger partial charge in [-0.2, -0.15) is 0 Å². The quantitative estimate of drug-likeness (QED) is 0.732. The molecule has 0 aromatic heterocycles. The van der Waals surface area contributed by atoms with E-state index < -0.39 is 0 Å². The van der Waals surface area contributed by atoms with Crippen molar-refractivity contribution in [1.29, 1.82) is 0 Å². The number of ether oxygens (including phenoxy) is 1. The van der Waals surface area contributed by atoms with Gasteiger partial charge in [0.15, 0.2) is 0 Å². The first-order valence-corrected chi connectivity index (χ1v) is 5.27. The van der Waals surface area contributed by atoms with E-state index in [9.17, 15) is 9.18 Å². The third-order valence-corrected chi connectivity index (χ3v) is 2.93. The average molecular weight is 223 g/mol. The van der Waals surface area contributed by atoms with E-state index in [1.165, 1.54) is 6.07 Å². The summed E-state index contributed by atoms with van der Waals surface area (Å²) in [7, 11) is 1.67. The predicted octanol–water partition coefficient (Wildman–Crippen LogP) is 1.86. The van der Waals surface area contributed by atoms with E-state index in [0.29, 0.717) is 24.1 Å². The highest BCUT2D eigenvalue weighted by Crippen LogP contribution is 2.25. The molecule has 1 aromatic carbocycles. The van der Waals surface area contributed by atoms with Crippen LogP contribution in [0.3, 0.4) is 0 Å². The molecule has 0 saturated carbocycles. The number of benzene rings is 1. The molecule has 1 saturated heterocycles. The van der Waals surface area contributed by atoms with Crippen molar-refractivity contribution in [3.05, 3.63) is 29.6 Å². The van der Waals surface area contributed by atoms with Crippen LogP contribution in [0, 0.1) is 5.82 Å². The number of halogens is 1. The van der Waals surface area contributed by atoms with Crippen molar-refractivity contribution in [2.24, 2.45) is 0 Å². The van der Waals surface area contributed by atoms with E-state index in [1.54, 1.807) is 19.2 Å². The first kappa shape index (κ1) is 11.1. The van der Waals surface area contributed by atoms with Gasteiger partial charge in [-0.1, -0.05) is 0 Å². The zero-order valence-electron chi connectivity index (χ0n) is 9.15. The van der Waals surface area contributed by atoms with Crippen molar-refractivity contribution < 1.29 is 13.9 Å². The summed E-state index contributed by atoms with van der Waals surface area (Å²) in [5, 5.41) is 0. The van der Waals surface area contributed by atoms with E-state index in [0.717, 1.165) is 13.0 Å². The van der Waals surface area contributed by atoms with Crippen molar-refractivity contribution in [2.75, 3.05) is 25.1 Å². The Hall–Kier alpha value is -1.42. The lowest BCUT2D eigenvalue weighted by molar-refractivity contribution is 0.112. The fourth-order valence-corrected chi connectivity index (χ4v) is 1.99. The Morgan fingerprint density at radius 3 is 2.94 bits per heavy atom. The normalized spacial score (nSPS) is 20.1. The minimum absolute atomic E-state index is 0.171. The number of hydrogen-bond donors (Lipinski definition) is 0. The van der Waals surface area contributed by atoms with Crippen LogP contribution in [0.4, 0.5) is 10.1 Å². The average Bonchev–Trinajstić information content (AvgIpc) is 2.77. The SMILES string of the molecule is COC1CCN(c2ccc(C=O)cc2F)C1. The Bertz CT molecular complexity index is 395. The molecule has 86 valence electrons. The zero-order valence-corrected chi connectivity index (χ0v) is 9.15. The summed E-state index contributed by atoms with van der Waals surface area (Å²) in [5.41, 5.74) is 0.911. The molecule has 1 heterocycles. The molecule has 4 heteroatoms. The maximum atomic E-state index is 13.7. The Labute approximate surface area is 93.8 Å². The van der Waals surface area contributed by atoms with Gasteiger partial charge in [-0.15, -0.1) is 0 Å². The number of nitrogens with zero attached hydrogens (tertiary/aromatic N) is 1. The molecule has 0 spiro atoms. The van der Waals surface area contributed by atoms with Gasteiger partial charge in [0.2, 0.25) is 0 Å². The third-order valence-electron chi connectivity index (χ3n) is 2.93. The highest BCUT2D eigenvalue weighted by Gasteiger charge is 2.24. The Balaban J connectivity index is 2.18. The van der Waals surface area contributed by atoms with E-state index in [2.05, 4.69) is 0 Å². The maximum absolute atomic E-state index is 13.7. The largest absolute Gasteiger partial charge is 0.380 e. The van der Waals surface area contributed by atoms with Crippen molar-refractivity contribution in [3.8, 4) is 0 Å². The highest BCUT2D eigenvalue weighted by molar-refractivity contribution is 5.76. The minimum atomic E-state index is -0.346. The van der Waals surface area contributed by atoms with Crippen LogP contribution < -0.4 is 4.90 Å². The summed E-state index contributed by atoms with van der Waals surface area (Å²) < 4.78 is 18.9. The number of methoxy groups -OCH3 is 1. The first-order chi connectivity index (χ1) is 7.74. The van der Waals surface area contributed by atoms with Gasteiger partial charge in [-0.05, 0) is 24.6 Å². The van der Waals surface area contributed by atoms with Gasteiger partial charge in [-0.3, -0.25) is 4.79 Å². The Kier molecular flexibility index (Phi) is 3.19. The number of hydrogen-bond acceptors (Lipinski definition) is 3. The lowest BCUT2D eigenvalue weighted by Crippen LogP contribution is -2.23. The fourth-order valence-electron chi connectivity index (χ4n) is 1.99. The number of carbonyl (C=O) groups is 1. The van der Waals surface area contributed by atoms with Crippen molar-refractivity contribution >= 4 is 12.0 Å². The molecule has 1 fully saturated rings. The van der Waals surface area contributed by atoms with Crippen LogP contribution in [0.2, 0.25) is 0 Å². The smallest absolute Gasteiger partial charge is 0.150 e. The highest BCUT2D eigenvalue weighted by atomic mass is 19.1. The molecule has 0 aliphatic carbocycles. The molecule has 0 N–H and O–H groups in total. The molecule has 1 atom stereocenters. The van der Waals surface area contributed by atoms with E-state index in [4.69, 9.17) is 4.74 Å². The van der Waals surface area contributed by atoms with Gasteiger partial charge in [0.1, 0.15) is 12.1 Å². The van der Waals surface area contributed by atoms with Crippen LogP contribution in [0.1, 0.15) is 16.8 Å². The summed E-state index contributed by atoms with van der Waals surface area (Å²) in [6, 6.07) is 4.55. The number of aldehydes is 1. The van der Waals surface area contributed by atoms with Gasteiger partial charge in [0.05, 0.1) is 11.8 Å². The van der Waals surface area contributed by atoms with Crippen LogP contribution in [0.15, 0.2) is 18.2 Å². The molecular weight excluding hydrogens is 209 g/mol. The molecular formula is C12H14FNO2. The minimum Gasteiger partial charge on any atom is -0.380 e. The lowest BCUT2D eigenvalue weighted by Gasteiger charge is -2.19. The molecule has 1 aromatic rings. The third kappa shape index (κ3) is 2.07. The number of anilines is 1. The summed E-state index contributed by atoms with van der Waals surface area (Å²) in [6.07, 6.45) is 1.73. The topological polar surface area (TPSA) is 29.5 Å². The molecule has 0 radical (unpaired) electrons. The second kappa shape index (κ2) is 4.61. The lowest BCUT2D eigenvalue weighted by atomic mass is 10.2. The van der Waals surface area contributed by atoms with Crippen LogP contribution >= 0.6 is 0 Å². The zero-order chi connectivity index (χ0) is 11.5.